The van der Waals surface area contributed by atoms with Gasteiger partial charge in [0.15, 0.2) is 5.82 Å². The van der Waals surface area contributed by atoms with Crippen LogP contribution >= 0.6 is 0 Å². The van der Waals surface area contributed by atoms with E-state index in [9.17, 15) is 0 Å². The summed E-state index contributed by atoms with van der Waals surface area (Å²) < 4.78 is 12.3. The van der Waals surface area contributed by atoms with Gasteiger partial charge in [-0.3, -0.25) is 0 Å². The second kappa shape index (κ2) is 28.1. The van der Waals surface area contributed by atoms with Gasteiger partial charge in [0.2, 0.25) is 0 Å². The van der Waals surface area contributed by atoms with Gasteiger partial charge in [-0.25, -0.2) is 9.97 Å². The first-order chi connectivity index (χ1) is 65.7. The Morgan fingerprint density at radius 3 is 0.746 bits per heavy atom. The average molecular weight is 1710 g/mol. The van der Waals surface area contributed by atoms with Crippen molar-refractivity contribution in [1.82, 2.24) is 32.8 Å². The summed E-state index contributed by atoms with van der Waals surface area (Å²) in [5.41, 5.74) is 44.6. The molecule has 0 aliphatic heterocycles. The van der Waals surface area contributed by atoms with Crippen molar-refractivity contribution in [3.05, 3.63) is 452 Å². The number of benzene rings is 19. The first kappa shape index (κ1) is 76.2. The van der Waals surface area contributed by atoms with E-state index < -0.39 is 0 Å². The lowest BCUT2D eigenvalue weighted by Crippen LogP contribution is -2.15. The summed E-state index contributed by atoms with van der Waals surface area (Å²) in [6.07, 6.45) is 0. The van der Waals surface area contributed by atoms with Crippen LogP contribution in [0.25, 0.3) is 238 Å². The van der Waals surface area contributed by atoms with E-state index >= 15 is 0 Å². The van der Waals surface area contributed by atoms with Crippen molar-refractivity contribution in [1.29, 1.82) is 0 Å². The third kappa shape index (κ3) is 11.0. The number of fused-ring (bicyclic) bond motifs is 24. The number of rotatable bonds is 11. The molecule has 0 N–H and O–H groups in total. The highest BCUT2D eigenvalue weighted by Crippen LogP contribution is 2.55. The van der Waals surface area contributed by atoms with E-state index in [1.807, 2.05) is 0 Å². The van der Waals surface area contributed by atoms with Gasteiger partial charge >= 0.3 is 0 Å². The monoisotopic (exact) mass is 1710 g/mol. The molecular weight excluding hydrogens is 1620 g/mol. The molecule has 0 saturated heterocycles. The molecule has 0 bridgehead atoms. The summed E-state index contributed by atoms with van der Waals surface area (Å²) >= 11 is 0. The molecule has 0 amide bonds. The first-order valence-electron chi connectivity index (χ1n) is 46.8. The topological polar surface area (TPSA) is 50.4 Å². The maximum absolute atomic E-state index is 5.57. The molecule has 3 aliphatic carbocycles. The van der Waals surface area contributed by atoms with Crippen LogP contribution in [-0.4, -0.2) is 32.8 Å². The van der Waals surface area contributed by atoms with Crippen LogP contribution in [0.1, 0.15) is 74.9 Å². The highest BCUT2D eigenvalue weighted by Gasteiger charge is 2.39. The Bertz CT molecular complexity index is 9130. The van der Waals surface area contributed by atoms with Gasteiger partial charge in [-0.15, -0.1) is 0 Å². The number of nitrogens with zero attached hydrogens (tertiary/aromatic N) is 7. The van der Waals surface area contributed by atoms with Crippen molar-refractivity contribution < 1.29 is 0 Å². The Labute approximate surface area is 775 Å². The highest BCUT2D eigenvalue weighted by atomic mass is 15.0. The predicted molar refractivity (Wildman–Crippen MR) is 559 cm³/mol. The van der Waals surface area contributed by atoms with Crippen LogP contribution in [0.15, 0.2) is 419 Å². The zero-order valence-corrected chi connectivity index (χ0v) is 75.0. The second-order valence-electron chi connectivity index (χ2n) is 38.8. The molecule has 19 aromatic carbocycles. The van der Waals surface area contributed by atoms with Crippen LogP contribution in [0.4, 0.5) is 0 Å². The van der Waals surface area contributed by atoms with E-state index in [0.29, 0.717) is 5.82 Å². The van der Waals surface area contributed by atoms with Crippen molar-refractivity contribution in [3.63, 3.8) is 0 Å². The van der Waals surface area contributed by atoms with Crippen molar-refractivity contribution in [2.45, 2.75) is 57.8 Å². The van der Waals surface area contributed by atoms with Crippen LogP contribution in [0.2, 0.25) is 0 Å². The minimum Gasteiger partial charge on any atom is -0.309 e. The molecule has 3 aliphatic rings. The van der Waals surface area contributed by atoms with Crippen molar-refractivity contribution in [2.24, 2.45) is 0 Å². The Hall–Kier alpha value is -16.7. The van der Waals surface area contributed by atoms with Crippen molar-refractivity contribution in [3.8, 4) is 129 Å². The zero-order valence-electron chi connectivity index (χ0n) is 75.0. The molecule has 0 unspecified atom stereocenters. The Kier molecular flexibility index (Phi) is 16.0. The molecule has 0 saturated carbocycles. The van der Waals surface area contributed by atoms with Gasteiger partial charge in [-0.2, -0.15) is 0 Å². The molecule has 134 heavy (non-hydrogen) atoms. The molecule has 28 rings (SSSR count). The number of hydrogen-bond donors (Lipinski definition) is 0. The lowest BCUT2D eigenvalue weighted by Gasteiger charge is -2.22. The minimum absolute atomic E-state index is 0.112. The highest BCUT2D eigenvalue weighted by molar-refractivity contribution is 6.17. The fourth-order valence-corrected chi connectivity index (χ4v) is 23.9. The lowest BCUT2D eigenvalue weighted by atomic mass is 9.82. The predicted octanol–water partition coefficient (Wildman–Crippen LogP) is 32.9. The number of aromatic nitrogens is 7. The molecule has 6 heterocycles. The summed E-state index contributed by atoms with van der Waals surface area (Å²) in [5, 5.41) is 12.1. The average Bonchev–Trinajstić information content (AvgIpc) is 1.57. The lowest BCUT2D eigenvalue weighted by molar-refractivity contribution is 0.660. The van der Waals surface area contributed by atoms with E-state index in [2.05, 4.69) is 483 Å². The first-order valence-corrected chi connectivity index (χ1v) is 46.8. The second-order valence-corrected chi connectivity index (χ2v) is 38.8. The SMILES string of the molecule is CC1(C)c2ccccc2-c2ccc(-n3c4ccccc4c4cc(-c5ccc6c(c5)c5ccccc5n6-c5cccc(-c6nc(-c7ccccc7)cc(-c7ccc(-n8c9ccc(-c%10ccc%11c(c%10)c%10ccccc%10n%11-c%10ccc%11c(c%10)C(C)(C)c%10ccccc%10-%11)cc9c9cc(-c%10ccc%11c(c%10)c%10ccccc%10n%11-c%10ccc%11c(c%10)C(C)(C)c%10ccccc%10-%11)ccc98)cc7)n6)c5)ccc43)cc21. The van der Waals surface area contributed by atoms with Gasteiger partial charge in [0.05, 0.1) is 66.6 Å². The van der Waals surface area contributed by atoms with E-state index in [4.69, 9.17) is 9.97 Å². The Morgan fingerprint density at radius 2 is 0.403 bits per heavy atom. The maximum atomic E-state index is 5.57. The van der Waals surface area contributed by atoms with Crippen LogP contribution in [0, 0.1) is 0 Å². The normalized spacial score (nSPS) is 13.8. The van der Waals surface area contributed by atoms with Crippen LogP contribution in [-0.2, 0) is 16.2 Å². The molecule has 0 radical (unpaired) electrons. The minimum atomic E-state index is -0.132. The summed E-state index contributed by atoms with van der Waals surface area (Å²) in [6, 6.07) is 157. The molecule has 7 heteroatoms. The smallest absolute Gasteiger partial charge is 0.160 e. The quantitative estimate of drug-likeness (QED) is 0.130. The number of para-hydroxylation sites is 4. The molecule has 6 aromatic heterocycles. The van der Waals surface area contributed by atoms with E-state index in [-0.39, 0.29) is 16.2 Å². The van der Waals surface area contributed by atoms with Gasteiger partial charge in [-0.05, 0) is 264 Å². The third-order valence-electron chi connectivity index (χ3n) is 30.5. The van der Waals surface area contributed by atoms with Crippen molar-refractivity contribution >= 4 is 109 Å². The largest absolute Gasteiger partial charge is 0.309 e. The van der Waals surface area contributed by atoms with E-state index in [1.165, 1.54) is 176 Å². The van der Waals surface area contributed by atoms with Crippen LogP contribution in [0.5, 0.6) is 0 Å². The molecule has 0 spiro atoms. The van der Waals surface area contributed by atoms with Gasteiger partial charge in [0, 0.05) is 115 Å². The standard InChI is InChI=1S/C127H87N7/c1-125(2)106-36-17-10-29-90(106)93-56-53-87(72-109(93)125)132-115-40-21-14-33-97(115)101-67-79(46-60-119(101)132)78-45-59-118-100(66-78)96-32-13-20-39-114(96)131(118)86-28-24-27-84(65-86)124-128-112(76-25-8-7-9-26-76)75-113(129-124)77-43-51-85(52-44-77)130-122-63-49-82(80-47-61-120-102(68-80)98-34-15-22-41-116(98)133(120)88-54-57-94-91-30-11-18-37-107(91)126(3,4)110(94)73-88)70-104(122)105-71-83(50-64-123(105)130)81-48-62-121-103(69-81)99-35-16-23-42-117(99)134(121)89-55-58-95-92-31-12-19-38-108(92)127(5,6)111(95)74-89/h7-75H,1-6H3. The van der Waals surface area contributed by atoms with Crippen LogP contribution in [0.3, 0.4) is 0 Å². The fourth-order valence-electron chi connectivity index (χ4n) is 23.9. The van der Waals surface area contributed by atoms with Crippen molar-refractivity contribution in [2.75, 3.05) is 0 Å². The molecule has 0 atom stereocenters. The summed E-state index contributed by atoms with van der Waals surface area (Å²) in [5.74, 6) is 0.645. The molecule has 25 aromatic rings. The Balaban J connectivity index is 0.547. The summed E-state index contributed by atoms with van der Waals surface area (Å²) in [4.78, 5) is 11.0. The fraction of sp³-hybridized carbons (Fsp3) is 0.0709. The van der Waals surface area contributed by atoms with E-state index in [1.54, 1.807) is 0 Å². The Morgan fingerprint density at radius 1 is 0.157 bits per heavy atom. The molecular formula is C127H87N7. The summed E-state index contributed by atoms with van der Waals surface area (Å²) in [6.45, 7) is 14.2. The van der Waals surface area contributed by atoms with Gasteiger partial charge in [0.1, 0.15) is 0 Å². The molecule has 0 fully saturated rings. The molecule has 630 valence electrons. The maximum Gasteiger partial charge on any atom is 0.160 e. The van der Waals surface area contributed by atoms with E-state index in [0.717, 1.165) is 89.3 Å². The molecule has 7 nitrogen and oxygen atoms in total. The van der Waals surface area contributed by atoms with Crippen LogP contribution < -0.4 is 0 Å². The third-order valence-corrected chi connectivity index (χ3v) is 30.5. The zero-order chi connectivity index (χ0) is 88.9. The van der Waals surface area contributed by atoms with Gasteiger partial charge in [0.25, 0.3) is 0 Å². The summed E-state index contributed by atoms with van der Waals surface area (Å²) in [7, 11) is 0. The number of hydrogen-bond acceptors (Lipinski definition) is 2. The van der Waals surface area contributed by atoms with Gasteiger partial charge < -0.3 is 22.8 Å². The van der Waals surface area contributed by atoms with Gasteiger partial charge in [-0.1, -0.05) is 296 Å².